The highest BCUT2D eigenvalue weighted by atomic mass is 32.2. The number of rotatable bonds is 5. The molecule has 0 spiro atoms. The lowest BCUT2D eigenvalue weighted by Crippen LogP contribution is -2.15. The van der Waals surface area contributed by atoms with Gasteiger partial charge in [-0.05, 0) is 48.5 Å². The minimum absolute atomic E-state index is 0.0420. The second kappa shape index (κ2) is 7.72. The van der Waals surface area contributed by atoms with Crippen molar-refractivity contribution in [3.63, 3.8) is 0 Å². The summed E-state index contributed by atoms with van der Waals surface area (Å²) in [6, 6.07) is 22.7. The van der Waals surface area contributed by atoms with E-state index < -0.39 is 15.9 Å². The highest BCUT2D eigenvalue weighted by molar-refractivity contribution is 7.92. The number of para-hydroxylation sites is 2. The van der Waals surface area contributed by atoms with E-state index in [1.807, 2.05) is 6.07 Å². The Balaban J connectivity index is 1.77. The molecule has 0 fully saturated rings. The first kappa shape index (κ1) is 18.2. The van der Waals surface area contributed by atoms with Crippen molar-refractivity contribution in [2.24, 2.45) is 0 Å². The summed E-state index contributed by atoms with van der Waals surface area (Å²) in [5, 5.41) is 11.7. The van der Waals surface area contributed by atoms with E-state index in [1.54, 1.807) is 54.6 Å². The number of benzene rings is 3. The maximum Gasteiger partial charge on any atom is 0.261 e. The third-order valence-electron chi connectivity index (χ3n) is 3.75. The van der Waals surface area contributed by atoms with E-state index in [9.17, 15) is 13.2 Å². The van der Waals surface area contributed by atoms with Gasteiger partial charge in [0.05, 0.1) is 16.1 Å². The Labute approximate surface area is 157 Å². The number of hydrogen-bond acceptors (Lipinski definition) is 4. The average molecular weight is 377 g/mol. The van der Waals surface area contributed by atoms with E-state index in [0.717, 1.165) is 0 Å². The number of amides is 1. The second-order valence-electron chi connectivity index (χ2n) is 5.61. The Morgan fingerprint density at radius 2 is 1.48 bits per heavy atom. The predicted octanol–water partition coefficient (Wildman–Crippen LogP) is 3.61. The summed E-state index contributed by atoms with van der Waals surface area (Å²) in [5.74, 6) is -0.433. The molecule has 0 unspecified atom stereocenters. The Morgan fingerprint density at radius 1 is 0.852 bits per heavy atom. The van der Waals surface area contributed by atoms with E-state index >= 15 is 0 Å². The Kier molecular flexibility index (Phi) is 5.20. The monoisotopic (exact) mass is 377 g/mol. The topological polar surface area (TPSA) is 99.1 Å². The minimum atomic E-state index is -3.75. The van der Waals surface area contributed by atoms with Crippen molar-refractivity contribution in [2.75, 3.05) is 10.0 Å². The van der Waals surface area contributed by atoms with Crippen LogP contribution >= 0.6 is 0 Å². The average Bonchev–Trinajstić information content (AvgIpc) is 2.69. The fourth-order valence-corrected chi connectivity index (χ4v) is 3.45. The van der Waals surface area contributed by atoms with Crippen LogP contribution in [0.5, 0.6) is 0 Å². The largest absolute Gasteiger partial charge is 0.321 e. The van der Waals surface area contributed by atoms with Crippen LogP contribution in [0.1, 0.15) is 15.9 Å². The summed E-state index contributed by atoms with van der Waals surface area (Å²) < 4.78 is 27.3. The summed E-state index contributed by atoms with van der Waals surface area (Å²) in [6.45, 7) is 0. The first-order valence-corrected chi connectivity index (χ1v) is 9.46. The molecule has 3 aromatic rings. The number of carbonyl (C=O) groups is 1. The van der Waals surface area contributed by atoms with Gasteiger partial charge in [0.15, 0.2) is 0 Å². The molecule has 0 radical (unpaired) electrons. The van der Waals surface area contributed by atoms with Crippen LogP contribution in [0.2, 0.25) is 0 Å². The molecule has 27 heavy (non-hydrogen) atoms. The van der Waals surface area contributed by atoms with Crippen molar-refractivity contribution in [1.29, 1.82) is 5.26 Å². The summed E-state index contributed by atoms with van der Waals surface area (Å²) in [5.41, 5.74) is 1.47. The maximum atomic E-state index is 12.4. The quantitative estimate of drug-likeness (QED) is 0.709. The summed E-state index contributed by atoms with van der Waals surface area (Å²) in [7, 11) is -3.75. The molecule has 0 aliphatic heterocycles. The minimum Gasteiger partial charge on any atom is -0.321 e. The zero-order valence-electron chi connectivity index (χ0n) is 14.1. The van der Waals surface area contributed by atoms with Gasteiger partial charge in [-0.1, -0.05) is 30.3 Å². The number of sulfonamides is 1. The number of anilines is 2. The molecule has 6 nitrogen and oxygen atoms in total. The van der Waals surface area contributed by atoms with Crippen molar-refractivity contribution in [2.45, 2.75) is 4.90 Å². The molecule has 1 amide bonds. The fraction of sp³-hybridized carbons (Fsp3) is 0. The Morgan fingerprint density at radius 3 is 2.15 bits per heavy atom. The van der Waals surface area contributed by atoms with Crippen molar-refractivity contribution >= 4 is 27.3 Å². The van der Waals surface area contributed by atoms with Crippen LogP contribution in [-0.4, -0.2) is 14.3 Å². The Hall–Kier alpha value is -3.63. The molecule has 3 aromatic carbocycles. The summed E-state index contributed by atoms with van der Waals surface area (Å²) in [4.78, 5) is 12.4. The predicted molar refractivity (Wildman–Crippen MR) is 103 cm³/mol. The molecule has 0 heterocycles. The smallest absolute Gasteiger partial charge is 0.261 e. The number of carbonyl (C=O) groups excluding carboxylic acids is 1. The van der Waals surface area contributed by atoms with Gasteiger partial charge >= 0.3 is 0 Å². The maximum absolute atomic E-state index is 12.4. The van der Waals surface area contributed by atoms with Crippen LogP contribution in [0, 0.1) is 11.3 Å². The van der Waals surface area contributed by atoms with Gasteiger partial charge < -0.3 is 5.32 Å². The molecule has 2 N–H and O–H groups in total. The molecule has 0 aliphatic rings. The van der Waals surface area contributed by atoms with Gasteiger partial charge in [-0.15, -0.1) is 0 Å². The lowest BCUT2D eigenvalue weighted by atomic mass is 10.1. The molecule has 0 aromatic heterocycles. The lowest BCUT2D eigenvalue weighted by molar-refractivity contribution is 0.102. The van der Waals surface area contributed by atoms with Crippen LogP contribution < -0.4 is 10.0 Å². The first-order chi connectivity index (χ1) is 13.0. The van der Waals surface area contributed by atoms with Crippen molar-refractivity contribution < 1.29 is 13.2 Å². The van der Waals surface area contributed by atoms with Crippen molar-refractivity contribution in [1.82, 2.24) is 0 Å². The third-order valence-corrected chi connectivity index (χ3v) is 5.15. The Bertz CT molecular complexity index is 1100. The molecular weight excluding hydrogens is 362 g/mol. The number of nitriles is 1. The van der Waals surface area contributed by atoms with E-state index in [0.29, 0.717) is 16.9 Å². The summed E-state index contributed by atoms with van der Waals surface area (Å²) >= 11 is 0. The number of nitrogens with zero attached hydrogens (tertiary/aromatic N) is 1. The molecule has 0 atom stereocenters. The highest BCUT2D eigenvalue weighted by Gasteiger charge is 2.15. The normalized spacial score (nSPS) is 10.6. The second-order valence-corrected chi connectivity index (χ2v) is 7.29. The van der Waals surface area contributed by atoms with Gasteiger partial charge in [0, 0.05) is 11.3 Å². The van der Waals surface area contributed by atoms with E-state index in [4.69, 9.17) is 5.26 Å². The zero-order valence-corrected chi connectivity index (χ0v) is 14.9. The SMILES string of the molecule is N#Cc1ccccc1NC(=O)c1ccc(S(=O)(=O)Nc2ccccc2)cc1. The zero-order chi connectivity index (χ0) is 19.3. The van der Waals surface area contributed by atoms with Gasteiger partial charge in [0.25, 0.3) is 15.9 Å². The van der Waals surface area contributed by atoms with Gasteiger partial charge in [-0.25, -0.2) is 8.42 Å². The molecule has 0 aliphatic carbocycles. The van der Waals surface area contributed by atoms with E-state index in [-0.39, 0.29) is 10.5 Å². The van der Waals surface area contributed by atoms with Gasteiger partial charge in [0.1, 0.15) is 6.07 Å². The number of hydrogen-bond donors (Lipinski definition) is 2. The molecule has 0 bridgehead atoms. The molecule has 0 saturated heterocycles. The van der Waals surface area contributed by atoms with Gasteiger partial charge in [0.2, 0.25) is 0 Å². The van der Waals surface area contributed by atoms with Crippen LogP contribution in [0.15, 0.2) is 83.8 Å². The van der Waals surface area contributed by atoms with E-state index in [1.165, 1.54) is 24.3 Å². The standard InChI is InChI=1S/C20H15N3O3S/c21-14-16-6-4-5-9-19(16)22-20(24)15-10-12-18(13-11-15)27(25,26)23-17-7-2-1-3-8-17/h1-13,23H,(H,22,24). The molecule has 0 saturated carbocycles. The van der Waals surface area contributed by atoms with Crippen molar-refractivity contribution in [3.8, 4) is 6.07 Å². The molecule has 7 heteroatoms. The van der Waals surface area contributed by atoms with Crippen LogP contribution in [0.3, 0.4) is 0 Å². The van der Waals surface area contributed by atoms with Gasteiger partial charge in [-0.2, -0.15) is 5.26 Å². The highest BCUT2D eigenvalue weighted by Crippen LogP contribution is 2.18. The fourth-order valence-electron chi connectivity index (χ4n) is 2.39. The number of nitrogens with one attached hydrogen (secondary N) is 2. The lowest BCUT2D eigenvalue weighted by Gasteiger charge is -2.09. The van der Waals surface area contributed by atoms with Gasteiger partial charge in [-0.3, -0.25) is 9.52 Å². The van der Waals surface area contributed by atoms with E-state index in [2.05, 4.69) is 10.0 Å². The van der Waals surface area contributed by atoms with Crippen LogP contribution in [0.4, 0.5) is 11.4 Å². The van der Waals surface area contributed by atoms with Crippen molar-refractivity contribution in [3.05, 3.63) is 90.0 Å². The summed E-state index contributed by atoms with van der Waals surface area (Å²) in [6.07, 6.45) is 0. The third kappa shape index (κ3) is 4.32. The molecule has 134 valence electrons. The molecule has 3 rings (SSSR count). The van der Waals surface area contributed by atoms with Crippen LogP contribution in [-0.2, 0) is 10.0 Å². The van der Waals surface area contributed by atoms with Crippen LogP contribution in [0.25, 0.3) is 0 Å². The first-order valence-electron chi connectivity index (χ1n) is 7.98. The molecular formula is C20H15N3O3S.